The van der Waals surface area contributed by atoms with Crippen molar-refractivity contribution < 1.29 is 9.59 Å². The van der Waals surface area contributed by atoms with Crippen molar-refractivity contribution in [2.75, 3.05) is 11.4 Å². The Bertz CT molecular complexity index is 486. The third-order valence-corrected chi connectivity index (χ3v) is 3.35. The lowest BCUT2D eigenvalue weighted by atomic mass is 10.1. The number of nitrogens with zero attached hydrogens (tertiary/aromatic N) is 2. The van der Waals surface area contributed by atoms with Crippen LogP contribution in [0.25, 0.3) is 0 Å². The highest BCUT2D eigenvalue weighted by Crippen LogP contribution is 2.20. The van der Waals surface area contributed by atoms with Gasteiger partial charge in [0.1, 0.15) is 6.04 Å². The quantitative estimate of drug-likeness (QED) is 0.767. The molecule has 0 radical (unpaired) electrons. The number of carbonyl (C=O) groups excluding carboxylic acids is 2. The molecule has 3 N–H and O–H groups in total. The Balaban J connectivity index is 2.21. The van der Waals surface area contributed by atoms with Gasteiger partial charge in [-0.2, -0.15) is 0 Å². The second-order valence-corrected chi connectivity index (χ2v) is 4.67. The fourth-order valence-corrected chi connectivity index (χ4v) is 2.03. The average molecular weight is 262 g/mol. The van der Waals surface area contributed by atoms with E-state index in [4.69, 9.17) is 5.73 Å². The van der Waals surface area contributed by atoms with Crippen molar-refractivity contribution in [3.63, 3.8) is 0 Å². The van der Waals surface area contributed by atoms with Gasteiger partial charge >= 0.3 is 0 Å². The maximum absolute atomic E-state index is 11.6. The molecule has 6 heteroatoms. The molecule has 0 saturated carbocycles. The summed E-state index contributed by atoms with van der Waals surface area (Å²) >= 11 is 0. The molecule has 0 aliphatic carbocycles. The first-order valence-electron chi connectivity index (χ1n) is 6.34. The van der Waals surface area contributed by atoms with E-state index in [1.165, 1.54) is 0 Å². The van der Waals surface area contributed by atoms with E-state index in [1.807, 2.05) is 19.1 Å². The van der Waals surface area contributed by atoms with Crippen molar-refractivity contribution in [2.45, 2.75) is 32.4 Å². The first kappa shape index (κ1) is 13.5. The highest BCUT2D eigenvalue weighted by atomic mass is 16.2. The van der Waals surface area contributed by atoms with E-state index in [9.17, 15) is 9.59 Å². The number of aromatic nitrogens is 1. The molecular weight excluding hydrogens is 244 g/mol. The van der Waals surface area contributed by atoms with Crippen molar-refractivity contribution >= 4 is 17.5 Å². The monoisotopic (exact) mass is 262 g/mol. The molecule has 1 saturated heterocycles. The predicted molar refractivity (Wildman–Crippen MR) is 71.4 cm³/mol. The second kappa shape index (κ2) is 5.36. The van der Waals surface area contributed by atoms with Gasteiger partial charge < -0.3 is 10.6 Å². The zero-order valence-corrected chi connectivity index (χ0v) is 11.1. The Kier molecular flexibility index (Phi) is 3.80. The lowest BCUT2D eigenvalue weighted by molar-refractivity contribution is -0.132. The molecule has 0 spiro atoms. The first-order chi connectivity index (χ1) is 9.02. The van der Waals surface area contributed by atoms with Crippen molar-refractivity contribution in [1.29, 1.82) is 0 Å². The highest BCUT2D eigenvalue weighted by molar-refractivity contribution is 6.04. The average Bonchev–Trinajstić information content (AvgIpc) is 2.42. The van der Waals surface area contributed by atoms with E-state index in [0.717, 1.165) is 17.8 Å². The van der Waals surface area contributed by atoms with Gasteiger partial charge in [0.25, 0.3) is 0 Å². The fraction of sp³-hybridized carbons (Fsp3) is 0.462. The van der Waals surface area contributed by atoms with Crippen molar-refractivity contribution in [2.24, 2.45) is 5.73 Å². The molecule has 0 bridgehead atoms. The summed E-state index contributed by atoms with van der Waals surface area (Å²) in [6, 6.07) is 3.22. The van der Waals surface area contributed by atoms with Crippen LogP contribution in [0.2, 0.25) is 0 Å². The lowest BCUT2D eigenvalue weighted by Gasteiger charge is -2.33. The topological polar surface area (TPSA) is 88.3 Å². The number of carbonyl (C=O) groups is 2. The third kappa shape index (κ3) is 2.73. The van der Waals surface area contributed by atoms with Gasteiger partial charge in [0.15, 0.2) is 0 Å². The number of nitrogens with one attached hydrogen (secondary N) is 1. The second-order valence-electron chi connectivity index (χ2n) is 4.67. The minimum Gasteiger partial charge on any atom is -0.349 e. The van der Waals surface area contributed by atoms with Crippen LogP contribution >= 0.6 is 0 Å². The van der Waals surface area contributed by atoms with Crippen molar-refractivity contribution in [1.82, 2.24) is 10.3 Å². The molecule has 1 aliphatic rings. The van der Waals surface area contributed by atoms with E-state index < -0.39 is 0 Å². The summed E-state index contributed by atoms with van der Waals surface area (Å²) in [6.45, 7) is 3.91. The van der Waals surface area contributed by atoms with Crippen molar-refractivity contribution in [3.8, 4) is 0 Å². The largest absolute Gasteiger partial charge is 0.349 e. The summed E-state index contributed by atoms with van der Waals surface area (Å²) in [7, 11) is 0. The molecule has 102 valence electrons. The Labute approximate surface area is 112 Å². The number of anilines is 1. The molecule has 6 nitrogen and oxygen atoms in total. The van der Waals surface area contributed by atoms with Crippen LogP contribution in [-0.4, -0.2) is 29.4 Å². The molecule has 1 aromatic heterocycles. The van der Waals surface area contributed by atoms with Gasteiger partial charge in [0.2, 0.25) is 11.8 Å². The molecule has 2 heterocycles. The number of pyridine rings is 1. The number of hydrogen-bond donors (Lipinski definition) is 2. The van der Waals surface area contributed by atoms with Crippen molar-refractivity contribution in [3.05, 3.63) is 24.0 Å². The molecule has 2 amide bonds. The Morgan fingerprint density at radius 3 is 2.84 bits per heavy atom. The zero-order valence-electron chi connectivity index (χ0n) is 11.1. The van der Waals surface area contributed by atoms with E-state index in [0.29, 0.717) is 0 Å². The van der Waals surface area contributed by atoms with Crippen LogP contribution in [0.5, 0.6) is 0 Å². The number of amides is 2. The molecular formula is C13H18N4O2. The van der Waals surface area contributed by atoms with Crippen LogP contribution < -0.4 is 16.0 Å². The SMILES string of the molecule is CC[C@H](N)c1ccc(N2CC(=O)NC(=O)C2C)cn1. The number of imide groups is 1. The van der Waals surface area contributed by atoms with Crippen LogP contribution in [-0.2, 0) is 9.59 Å². The van der Waals surface area contributed by atoms with Gasteiger partial charge in [-0.25, -0.2) is 0 Å². The van der Waals surface area contributed by atoms with Crippen LogP contribution in [0.4, 0.5) is 5.69 Å². The predicted octanol–water partition coefficient (Wildman–Crippen LogP) is 0.343. The Hall–Kier alpha value is -1.95. The zero-order chi connectivity index (χ0) is 14.0. The lowest BCUT2D eigenvalue weighted by Crippen LogP contribution is -2.57. The minimum atomic E-state index is -0.384. The van der Waals surface area contributed by atoms with Gasteiger partial charge in [0, 0.05) is 6.04 Å². The summed E-state index contributed by atoms with van der Waals surface area (Å²) in [4.78, 5) is 29.0. The Morgan fingerprint density at radius 2 is 2.26 bits per heavy atom. The summed E-state index contributed by atoms with van der Waals surface area (Å²) < 4.78 is 0. The molecule has 2 rings (SSSR count). The molecule has 1 fully saturated rings. The number of piperazine rings is 1. The number of nitrogens with two attached hydrogens (primary N) is 1. The maximum Gasteiger partial charge on any atom is 0.249 e. The van der Waals surface area contributed by atoms with Crippen LogP contribution in [0.1, 0.15) is 32.0 Å². The Morgan fingerprint density at radius 1 is 1.53 bits per heavy atom. The van der Waals surface area contributed by atoms with Gasteiger partial charge in [-0.1, -0.05) is 6.92 Å². The number of hydrogen-bond acceptors (Lipinski definition) is 5. The number of rotatable bonds is 3. The smallest absolute Gasteiger partial charge is 0.249 e. The van der Waals surface area contributed by atoms with Gasteiger partial charge in [-0.3, -0.25) is 19.9 Å². The maximum atomic E-state index is 11.6. The molecule has 19 heavy (non-hydrogen) atoms. The molecule has 2 atom stereocenters. The van der Waals surface area contributed by atoms with Gasteiger partial charge in [0.05, 0.1) is 24.1 Å². The molecule has 0 aromatic carbocycles. The van der Waals surface area contributed by atoms with E-state index in [2.05, 4.69) is 10.3 Å². The van der Waals surface area contributed by atoms with Crippen LogP contribution in [0, 0.1) is 0 Å². The summed E-state index contributed by atoms with van der Waals surface area (Å²) in [6.07, 6.45) is 2.47. The first-order valence-corrected chi connectivity index (χ1v) is 6.34. The minimum absolute atomic E-state index is 0.0854. The van der Waals surface area contributed by atoms with Crippen LogP contribution in [0.15, 0.2) is 18.3 Å². The fourth-order valence-electron chi connectivity index (χ4n) is 2.03. The van der Waals surface area contributed by atoms with Crippen LogP contribution in [0.3, 0.4) is 0 Å². The summed E-state index contributed by atoms with van der Waals surface area (Å²) in [5, 5.41) is 2.31. The van der Waals surface area contributed by atoms with E-state index in [-0.39, 0.29) is 30.4 Å². The summed E-state index contributed by atoms with van der Waals surface area (Å²) in [5.41, 5.74) is 7.46. The standard InChI is InChI=1S/C13H18N4O2/c1-3-10(14)11-5-4-9(6-15-11)17-7-12(18)16-13(19)8(17)2/h4-6,8,10H,3,7,14H2,1-2H3,(H,16,18,19)/t8?,10-/m0/s1. The highest BCUT2D eigenvalue weighted by Gasteiger charge is 2.30. The van der Waals surface area contributed by atoms with Gasteiger partial charge in [-0.15, -0.1) is 0 Å². The van der Waals surface area contributed by atoms with E-state index in [1.54, 1.807) is 18.0 Å². The molecule has 1 aromatic rings. The summed E-state index contributed by atoms with van der Waals surface area (Å²) in [5.74, 6) is -0.581. The molecule has 1 unspecified atom stereocenters. The van der Waals surface area contributed by atoms with E-state index >= 15 is 0 Å². The normalized spacial score (nSPS) is 21.2. The molecule has 1 aliphatic heterocycles. The third-order valence-electron chi connectivity index (χ3n) is 3.35. The van der Waals surface area contributed by atoms with Gasteiger partial charge in [-0.05, 0) is 25.5 Å².